The Morgan fingerprint density at radius 2 is 1.19 bits per heavy atom. The number of carbonyl (C=O) groups excluding carboxylic acids is 1. The summed E-state index contributed by atoms with van der Waals surface area (Å²) in [4.78, 5) is 19.6. The van der Waals surface area contributed by atoms with Crippen molar-refractivity contribution in [3.63, 3.8) is 0 Å². The topological polar surface area (TPSA) is 115 Å². The molecule has 132 valence electrons. The Kier molecular flexibility index (Phi) is 6.25. The maximum absolute atomic E-state index is 12.8. The van der Waals surface area contributed by atoms with E-state index in [1.165, 1.54) is 23.5 Å². The first-order valence-electron chi connectivity index (χ1n) is 7.73. The molecule has 0 atom stereocenters. The molecule has 1 aliphatic heterocycles. The molecule has 1 fully saturated rings. The van der Waals surface area contributed by atoms with E-state index in [0.29, 0.717) is 21.2 Å². The SMILES string of the molecule is [N-]=[N+]=Nc1ccc(/C=C2/SCS/C(=C/c3ccc(N=[N+]=[N-])cc3)C2=O)cc1. The zero-order valence-corrected chi connectivity index (χ0v) is 15.5. The van der Waals surface area contributed by atoms with Gasteiger partial charge in [-0.2, -0.15) is 0 Å². The maximum atomic E-state index is 12.8. The van der Waals surface area contributed by atoms with Crippen molar-refractivity contribution in [2.45, 2.75) is 0 Å². The molecule has 0 spiro atoms. The molecule has 0 N–H and O–H groups in total. The van der Waals surface area contributed by atoms with Crippen molar-refractivity contribution in [1.82, 2.24) is 0 Å². The smallest absolute Gasteiger partial charge is 0.205 e. The van der Waals surface area contributed by atoms with E-state index in [2.05, 4.69) is 20.1 Å². The number of benzene rings is 2. The van der Waals surface area contributed by atoms with E-state index >= 15 is 0 Å². The molecule has 3 rings (SSSR count). The van der Waals surface area contributed by atoms with Crippen LogP contribution in [-0.2, 0) is 4.79 Å². The van der Waals surface area contributed by atoms with E-state index < -0.39 is 0 Å². The molecule has 1 aliphatic rings. The van der Waals surface area contributed by atoms with Gasteiger partial charge in [0, 0.05) is 26.3 Å². The van der Waals surface area contributed by atoms with Crippen LogP contribution in [0, 0.1) is 0 Å². The lowest BCUT2D eigenvalue weighted by atomic mass is 10.1. The van der Waals surface area contributed by atoms with E-state index in [0.717, 1.165) is 16.2 Å². The summed E-state index contributed by atoms with van der Waals surface area (Å²) in [6.45, 7) is 0. The number of thioether (sulfide) groups is 2. The maximum Gasteiger partial charge on any atom is 0.205 e. The monoisotopic (exact) mass is 392 g/mol. The summed E-state index contributed by atoms with van der Waals surface area (Å²) < 4.78 is 0. The highest BCUT2D eigenvalue weighted by molar-refractivity contribution is 8.21. The molecular formula is C18H12N6OS2. The zero-order chi connectivity index (χ0) is 19.1. The third-order valence-corrected chi connectivity index (χ3v) is 5.75. The number of allylic oxidation sites excluding steroid dienone is 2. The molecular weight excluding hydrogens is 380 g/mol. The second kappa shape index (κ2) is 9.02. The summed E-state index contributed by atoms with van der Waals surface area (Å²) in [5, 5.41) is 7.82. The summed E-state index contributed by atoms with van der Waals surface area (Å²) in [6.07, 6.45) is 3.68. The number of nitrogens with zero attached hydrogens (tertiary/aromatic N) is 6. The van der Waals surface area contributed by atoms with Crippen LogP contribution in [0.15, 0.2) is 68.6 Å². The largest absolute Gasteiger partial charge is 0.287 e. The quantitative estimate of drug-likeness (QED) is 0.242. The molecule has 27 heavy (non-hydrogen) atoms. The van der Waals surface area contributed by atoms with Gasteiger partial charge < -0.3 is 0 Å². The Morgan fingerprint density at radius 3 is 1.56 bits per heavy atom. The summed E-state index contributed by atoms with van der Waals surface area (Å²) in [5.74, 6) is -0.0190. The number of rotatable bonds is 4. The van der Waals surface area contributed by atoms with Gasteiger partial charge in [-0.05, 0) is 34.3 Å². The van der Waals surface area contributed by atoms with Crippen molar-refractivity contribution in [3.05, 3.63) is 90.4 Å². The fourth-order valence-corrected chi connectivity index (χ4v) is 4.54. The van der Waals surface area contributed by atoms with Crippen molar-refractivity contribution >= 4 is 52.8 Å². The van der Waals surface area contributed by atoms with Crippen LogP contribution in [0.25, 0.3) is 33.0 Å². The van der Waals surface area contributed by atoms with Crippen LogP contribution >= 0.6 is 23.5 Å². The van der Waals surface area contributed by atoms with Gasteiger partial charge in [0.2, 0.25) is 5.78 Å². The molecule has 9 heteroatoms. The minimum absolute atomic E-state index is 0.0190. The number of Topliss-reactive ketones (excluding diaryl/α,β-unsaturated/α-hetero) is 1. The van der Waals surface area contributed by atoms with Crippen LogP contribution in [-0.4, -0.2) is 10.9 Å². The highest BCUT2D eigenvalue weighted by atomic mass is 32.2. The van der Waals surface area contributed by atoms with Crippen molar-refractivity contribution in [2.75, 3.05) is 5.08 Å². The normalized spacial score (nSPS) is 16.7. The summed E-state index contributed by atoms with van der Waals surface area (Å²) >= 11 is 3.00. The van der Waals surface area contributed by atoms with Crippen LogP contribution in [0.5, 0.6) is 0 Å². The molecule has 1 saturated heterocycles. The average Bonchev–Trinajstić information content (AvgIpc) is 2.68. The Bertz CT molecular complexity index is 933. The van der Waals surface area contributed by atoms with Crippen molar-refractivity contribution in [1.29, 1.82) is 0 Å². The van der Waals surface area contributed by atoms with Gasteiger partial charge in [-0.1, -0.05) is 58.8 Å². The van der Waals surface area contributed by atoms with Gasteiger partial charge in [-0.3, -0.25) is 4.79 Å². The molecule has 0 aliphatic carbocycles. The van der Waals surface area contributed by atoms with Crippen LogP contribution in [0.4, 0.5) is 11.4 Å². The first-order valence-corrected chi connectivity index (χ1v) is 9.71. The van der Waals surface area contributed by atoms with Crippen LogP contribution in [0.3, 0.4) is 0 Å². The lowest BCUT2D eigenvalue weighted by molar-refractivity contribution is -0.110. The molecule has 0 saturated carbocycles. The minimum atomic E-state index is -0.0190. The fraction of sp³-hybridized carbons (Fsp3) is 0.0556. The molecule has 1 heterocycles. The Balaban J connectivity index is 1.82. The van der Waals surface area contributed by atoms with Gasteiger partial charge in [0.15, 0.2) is 0 Å². The third kappa shape index (κ3) is 4.97. The first-order chi connectivity index (χ1) is 13.2. The second-order valence-corrected chi connectivity index (χ2v) is 7.71. The van der Waals surface area contributed by atoms with E-state index in [4.69, 9.17) is 11.1 Å². The molecule has 0 unspecified atom stereocenters. The molecule has 0 bridgehead atoms. The van der Waals surface area contributed by atoms with Gasteiger partial charge in [-0.25, -0.2) is 0 Å². The summed E-state index contributed by atoms with van der Waals surface area (Å²) in [6, 6.07) is 14.1. The molecule has 2 aromatic rings. The van der Waals surface area contributed by atoms with E-state index in [-0.39, 0.29) is 5.78 Å². The predicted octanol–water partition coefficient (Wildman–Crippen LogP) is 6.96. The Morgan fingerprint density at radius 1 is 0.778 bits per heavy atom. The number of azide groups is 2. The molecule has 7 nitrogen and oxygen atoms in total. The third-order valence-electron chi connectivity index (χ3n) is 3.58. The molecule has 0 radical (unpaired) electrons. The van der Waals surface area contributed by atoms with E-state index in [1.807, 2.05) is 36.4 Å². The van der Waals surface area contributed by atoms with Gasteiger partial charge in [-0.15, -0.1) is 23.5 Å². The Hall–Kier alpha value is -3.09. The zero-order valence-electron chi connectivity index (χ0n) is 13.9. The fourth-order valence-electron chi connectivity index (χ4n) is 2.30. The van der Waals surface area contributed by atoms with Crippen molar-refractivity contribution in [3.8, 4) is 0 Å². The van der Waals surface area contributed by atoms with Crippen molar-refractivity contribution < 1.29 is 4.79 Å². The first kappa shape index (κ1) is 18.7. The minimum Gasteiger partial charge on any atom is -0.287 e. The predicted molar refractivity (Wildman–Crippen MR) is 112 cm³/mol. The molecule has 0 amide bonds. The lowest BCUT2D eigenvalue weighted by Crippen LogP contribution is -2.07. The van der Waals surface area contributed by atoms with Crippen LogP contribution in [0.2, 0.25) is 0 Å². The van der Waals surface area contributed by atoms with Gasteiger partial charge >= 0.3 is 0 Å². The second-order valence-electron chi connectivity index (χ2n) is 5.31. The van der Waals surface area contributed by atoms with Crippen LogP contribution in [0.1, 0.15) is 11.1 Å². The van der Waals surface area contributed by atoms with Crippen molar-refractivity contribution in [2.24, 2.45) is 10.2 Å². The molecule has 2 aromatic carbocycles. The number of hydrogen-bond acceptors (Lipinski definition) is 5. The summed E-state index contributed by atoms with van der Waals surface area (Å²) in [5.41, 5.74) is 19.7. The highest BCUT2D eigenvalue weighted by Gasteiger charge is 2.22. The van der Waals surface area contributed by atoms with E-state index in [9.17, 15) is 4.79 Å². The number of ketones is 1. The highest BCUT2D eigenvalue weighted by Crippen LogP contribution is 2.38. The Labute approximate surface area is 163 Å². The lowest BCUT2D eigenvalue weighted by Gasteiger charge is -2.15. The standard InChI is InChI=1S/C18H12N6OS2/c19-23-21-14-5-1-12(2-6-14)9-16-18(25)17(27-11-26-16)10-13-3-7-15(8-4-13)22-24-20/h1-10H,11H2/b16-9+,17-10+. The van der Waals surface area contributed by atoms with Gasteiger partial charge in [0.25, 0.3) is 0 Å². The van der Waals surface area contributed by atoms with Gasteiger partial charge in [0.05, 0.1) is 9.81 Å². The van der Waals surface area contributed by atoms with Gasteiger partial charge in [0.1, 0.15) is 0 Å². The average molecular weight is 392 g/mol. The van der Waals surface area contributed by atoms with E-state index in [1.54, 1.807) is 24.3 Å². The van der Waals surface area contributed by atoms with Crippen LogP contribution < -0.4 is 0 Å². The molecule has 0 aromatic heterocycles. The number of hydrogen-bond donors (Lipinski definition) is 0. The number of carbonyl (C=O) groups is 1. The summed E-state index contributed by atoms with van der Waals surface area (Å²) in [7, 11) is 0.